The molecule has 3 aromatic rings. The van der Waals surface area contributed by atoms with Gasteiger partial charge >= 0.3 is 0 Å². The van der Waals surface area contributed by atoms with Gasteiger partial charge in [-0.2, -0.15) is 0 Å². The van der Waals surface area contributed by atoms with Crippen molar-refractivity contribution in [3.8, 4) is 0 Å². The summed E-state index contributed by atoms with van der Waals surface area (Å²) >= 11 is 0. The van der Waals surface area contributed by atoms with Crippen molar-refractivity contribution in [1.82, 2.24) is 19.5 Å². The second kappa shape index (κ2) is 6.45. The van der Waals surface area contributed by atoms with Gasteiger partial charge in [-0.05, 0) is 12.1 Å². The summed E-state index contributed by atoms with van der Waals surface area (Å²) in [6.07, 6.45) is 8.21. The molecule has 0 bridgehead atoms. The lowest BCUT2D eigenvalue weighted by Gasteiger charge is -2.13. The van der Waals surface area contributed by atoms with Gasteiger partial charge in [0.15, 0.2) is 17.0 Å². The lowest BCUT2D eigenvalue weighted by Crippen LogP contribution is -2.14. The van der Waals surface area contributed by atoms with Crippen molar-refractivity contribution >= 4 is 22.9 Å². The number of anilines is 1. The van der Waals surface area contributed by atoms with Crippen LogP contribution < -0.4 is 5.32 Å². The van der Waals surface area contributed by atoms with E-state index in [2.05, 4.69) is 26.3 Å². The molecular formula is C18H17N5O2. The quantitative estimate of drug-likeness (QED) is 0.741. The Bertz CT molecular complexity index is 935. The summed E-state index contributed by atoms with van der Waals surface area (Å²) in [7, 11) is 1.70. The number of nitrogens with one attached hydrogen (secondary N) is 1. The van der Waals surface area contributed by atoms with Crippen molar-refractivity contribution in [2.75, 3.05) is 12.4 Å². The maximum absolute atomic E-state index is 12.4. The lowest BCUT2D eigenvalue weighted by atomic mass is 10.2. The summed E-state index contributed by atoms with van der Waals surface area (Å²) in [5, 5.41) is 2.82. The third-order valence-corrected chi connectivity index (χ3v) is 4.31. The Balaban J connectivity index is 1.63. The Morgan fingerprint density at radius 1 is 1.20 bits per heavy atom. The smallest absolute Gasteiger partial charge is 0.256 e. The summed E-state index contributed by atoms with van der Waals surface area (Å²) < 4.78 is 7.34. The predicted molar refractivity (Wildman–Crippen MR) is 93.3 cm³/mol. The number of carbonyl (C=O) groups is 1. The number of carbonyl (C=O) groups excluding carboxylic acids is 1. The maximum Gasteiger partial charge on any atom is 0.256 e. The Hall–Kier alpha value is -3.06. The van der Waals surface area contributed by atoms with Crippen molar-refractivity contribution < 1.29 is 9.53 Å². The standard InChI is InChI=1S/C18H17N5O2/c1-25-14-8-7-13(9-14)23-11-21-15-16(19-10-20-17(15)23)22-18(24)12-5-3-2-4-6-12/h2-8,10-11,13-14H,9H2,1H3,(H,19,20,22,24)/t13-,14+/m0/s1. The number of aromatic nitrogens is 4. The molecular weight excluding hydrogens is 318 g/mol. The minimum absolute atomic E-state index is 0.0986. The molecule has 0 fully saturated rings. The summed E-state index contributed by atoms with van der Waals surface area (Å²) in [6, 6.07) is 9.13. The minimum Gasteiger partial charge on any atom is -0.377 e. The summed E-state index contributed by atoms with van der Waals surface area (Å²) in [5.41, 5.74) is 1.82. The zero-order chi connectivity index (χ0) is 17.2. The number of nitrogens with zero attached hydrogens (tertiary/aromatic N) is 4. The van der Waals surface area contributed by atoms with E-state index in [0.29, 0.717) is 22.5 Å². The molecule has 0 saturated heterocycles. The first-order valence-electron chi connectivity index (χ1n) is 8.01. The van der Waals surface area contributed by atoms with Crippen LogP contribution >= 0.6 is 0 Å². The van der Waals surface area contributed by atoms with Gasteiger partial charge < -0.3 is 14.6 Å². The molecule has 7 heteroatoms. The number of amides is 1. The zero-order valence-electron chi connectivity index (χ0n) is 13.7. The van der Waals surface area contributed by atoms with Crippen molar-refractivity contribution in [3.63, 3.8) is 0 Å². The van der Waals surface area contributed by atoms with Crippen molar-refractivity contribution in [2.24, 2.45) is 0 Å². The fourth-order valence-corrected chi connectivity index (χ4v) is 2.98. The molecule has 0 radical (unpaired) electrons. The zero-order valence-corrected chi connectivity index (χ0v) is 13.7. The predicted octanol–water partition coefficient (Wildman–Crippen LogP) is 2.59. The van der Waals surface area contributed by atoms with Crippen LogP contribution in [0.15, 0.2) is 55.1 Å². The maximum atomic E-state index is 12.4. The van der Waals surface area contributed by atoms with E-state index in [-0.39, 0.29) is 18.1 Å². The largest absolute Gasteiger partial charge is 0.377 e. The first-order chi connectivity index (χ1) is 12.3. The minimum atomic E-state index is -0.227. The van der Waals surface area contributed by atoms with Crippen LogP contribution in [0.3, 0.4) is 0 Å². The van der Waals surface area contributed by atoms with Gasteiger partial charge in [-0.3, -0.25) is 4.79 Å². The molecule has 0 spiro atoms. The first-order valence-corrected chi connectivity index (χ1v) is 8.01. The van der Waals surface area contributed by atoms with Crippen LogP contribution in [0.1, 0.15) is 22.8 Å². The molecule has 1 amide bonds. The van der Waals surface area contributed by atoms with Crippen LogP contribution in [-0.2, 0) is 4.74 Å². The number of hydrogen-bond donors (Lipinski definition) is 1. The Labute approximate surface area is 144 Å². The fourth-order valence-electron chi connectivity index (χ4n) is 2.98. The van der Waals surface area contributed by atoms with E-state index in [1.54, 1.807) is 25.6 Å². The number of ether oxygens (including phenoxy) is 1. The van der Waals surface area contributed by atoms with E-state index in [9.17, 15) is 4.79 Å². The van der Waals surface area contributed by atoms with E-state index in [0.717, 1.165) is 6.42 Å². The Morgan fingerprint density at radius 2 is 2.04 bits per heavy atom. The van der Waals surface area contributed by atoms with Crippen LogP contribution in [0, 0.1) is 0 Å². The van der Waals surface area contributed by atoms with Gasteiger partial charge in [-0.1, -0.05) is 30.4 Å². The third-order valence-electron chi connectivity index (χ3n) is 4.31. The van der Waals surface area contributed by atoms with Gasteiger partial charge in [0.25, 0.3) is 5.91 Å². The topological polar surface area (TPSA) is 81.9 Å². The van der Waals surface area contributed by atoms with E-state index < -0.39 is 0 Å². The monoisotopic (exact) mass is 335 g/mol. The van der Waals surface area contributed by atoms with E-state index >= 15 is 0 Å². The normalized spacial score (nSPS) is 19.4. The van der Waals surface area contributed by atoms with Gasteiger partial charge in [0.05, 0.1) is 18.5 Å². The second-order valence-electron chi connectivity index (χ2n) is 5.83. The Kier molecular flexibility index (Phi) is 3.99. The van der Waals surface area contributed by atoms with Gasteiger partial charge in [-0.25, -0.2) is 15.0 Å². The molecule has 2 aromatic heterocycles. The van der Waals surface area contributed by atoms with Gasteiger partial charge in [-0.15, -0.1) is 0 Å². The molecule has 1 aliphatic rings. The molecule has 1 aromatic carbocycles. The molecule has 4 rings (SSSR count). The second-order valence-corrected chi connectivity index (χ2v) is 5.83. The van der Waals surface area contributed by atoms with Crippen molar-refractivity contribution in [1.29, 1.82) is 0 Å². The van der Waals surface area contributed by atoms with Crippen LogP contribution in [0.5, 0.6) is 0 Å². The van der Waals surface area contributed by atoms with Crippen LogP contribution in [0.25, 0.3) is 11.2 Å². The number of benzene rings is 1. The molecule has 1 N–H and O–H groups in total. The van der Waals surface area contributed by atoms with Crippen LogP contribution in [0.4, 0.5) is 5.82 Å². The summed E-state index contributed by atoms with van der Waals surface area (Å²) in [5.74, 6) is 0.179. The van der Waals surface area contributed by atoms with Crippen LogP contribution in [-0.4, -0.2) is 38.6 Å². The molecule has 25 heavy (non-hydrogen) atoms. The van der Waals surface area contributed by atoms with Crippen molar-refractivity contribution in [2.45, 2.75) is 18.6 Å². The molecule has 7 nitrogen and oxygen atoms in total. The molecule has 1 aliphatic carbocycles. The number of hydrogen-bond acceptors (Lipinski definition) is 5. The van der Waals surface area contributed by atoms with Crippen molar-refractivity contribution in [3.05, 3.63) is 60.7 Å². The first kappa shape index (κ1) is 15.5. The summed E-state index contributed by atoms with van der Waals surface area (Å²) in [6.45, 7) is 0. The average molecular weight is 335 g/mol. The van der Waals surface area contributed by atoms with E-state index in [1.807, 2.05) is 28.8 Å². The highest BCUT2D eigenvalue weighted by Gasteiger charge is 2.23. The molecule has 2 heterocycles. The van der Waals surface area contributed by atoms with Crippen LogP contribution in [0.2, 0.25) is 0 Å². The third kappa shape index (κ3) is 2.89. The SMILES string of the molecule is CO[C@@H]1C=C[C@H](n2cnc3c(NC(=O)c4ccccc4)ncnc32)C1. The fraction of sp³-hybridized carbons (Fsp3) is 0.222. The molecule has 126 valence electrons. The van der Waals surface area contributed by atoms with Gasteiger partial charge in [0, 0.05) is 19.1 Å². The lowest BCUT2D eigenvalue weighted by molar-refractivity contribution is 0.102. The van der Waals surface area contributed by atoms with Gasteiger partial charge in [0.2, 0.25) is 0 Å². The number of allylic oxidation sites excluding steroid dienone is 1. The number of fused-ring (bicyclic) bond motifs is 1. The van der Waals surface area contributed by atoms with E-state index in [1.165, 1.54) is 6.33 Å². The number of rotatable bonds is 4. The highest BCUT2D eigenvalue weighted by atomic mass is 16.5. The highest BCUT2D eigenvalue weighted by molar-refractivity contribution is 6.06. The Morgan fingerprint density at radius 3 is 2.80 bits per heavy atom. The summed E-state index contributed by atoms with van der Waals surface area (Å²) in [4.78, 5) is 25.3. The molecule has 0 unspecified atom stereocenters. The average Bonchev–Trinajstić information content (AvgIpc) is 3.29. The molecule has 2 atom stereocenters. The molecule has 0 saturated carbocycles. The van der Waals surface area contributed by atoms with E-state index in [4.69, 9.17) is 4.74 Å². The number of imidazole rings is 1. The number of methoxy groups -OCH3 is 1. The highest BCUT2D eigenvalue weighted by Crippen LogP contribution is 2.29. The molecule has 0 aliphatic heterocycles. The van der Waals surface area contributed by atoms with Gasteiger partial charge in [0.1, 0.15) is 6.33 Å².